The van der Waals surface area contributed by atoms with Crippen molar-refractivity contribution in [3.05, 3.63) is 88.7 Å². The fourth-order valence-corrected chi connectivity index (χ4v) is 5.44. The number of nitrogens with one attached hydrogen (secondary N) is 1. The predicted octanol–water partition coefficient (Wildman–Crippen LogP) is 6.16. The lowest BCUT2D eigenvalue weighted by Gasteiger charge is -2.33. The van der Waals surface area contributed by atoms with Gasteiger partial charge in [-0.25, -0.2) is 14.4 Å². The van der Waals surface area contributed by atoms with Crippen LogP contribution in [0.5, 0.6) is 0 Å². The Labute approximate surface area is 179 Å². The molecule has 0 spiro atoms. The second-order valence-electron chi connectivity index (χ2n) is 8.06. The van der Waals surface area contributed by atoms with Crippen molar-refractivity contribution in [2.75, 3.05) is 5.32 Å². The molecule has 6 heteroatoms. The van der Waals surface area contributed by atoms with E-state index >= 15 is 0 Å². The third kappa shape index (κ3) is 3.31. The van der Waals surface area contributed by atoms with Gasteiger partial charge in [0.1, 0.15) is 5.82 Å². The maximum Gasteiger partial charge on any atom is 0.187 e. The lowest BCUT2D eigenvalue weighted by molar-refractivity contribution is 0.458. The van der Waals surface area contributed by atoms with E-state index in [9.17, 15) is 4.39 Å². The molecule has 2 aromatic carbocycles. The van der Waals surface area contributed by atoms with Crippen LogP contribution in [-0.2, 0) is 11.8 Å². The minimum Gasteiger partial charge on any atom is -0.331 e. The number of nitrogens with zero attached hydrogens (tertiary/aromatic N) is 3. The Morgan fingerprint density at radius 1 is 1.17 bits per heavy atom. The van der Waals surface area contributed by atoms with Crippen LogP contribution in [0.15, 0.2) is 61.1 Å². The van der Waals surface area contributed by atoms with Crippen molar-refractivity contribution < 1.29 is 4.39 Å². The summed E-state index contributed by atoms with van der Waals surface area (Å²) in [6.07, 6.45) is 6.71. The van der Waals surface area contributed by atoms with Gasteiger partial charge in [-0.3, -0.25) is 0 Å². The van der Waals surface area contributed by atoms with E-state index in [0.717, 1.165) is 35.8 Å². The van der Waals surface area contributed by atoms with Crippen LogP contribution in [0.25, 0.3) is 5.69 Å². The van der Waals surface area contributed by atoms with Crippen LogP contribution in [0.3, 0.4) is 0 Å². The highest BCUT2D eigenvalue weighted by molar-refractivity contribution is 7.15. The number of thiazole rings is 1. The van der Waals surface area contributed by atoms with Crippen molar-refractivity contribution in [3.8, 4) is 5.69 Å². The van der Waals surface area contributed by atoms with Crippen molar-refractivity contribution in [1.29, 1.82) is 0 Å². The number of aromatic nitrogens is 3. The van der Waals surface area contributed by atoms with Gasteiger partial charge < -0.3 is 9.88 Å². The molecule has 0 saturated heterocycles. The van der Waals surface area contributed by atoms with Gasteiger partial charge in [-0.2, -0.15) is 0 Å². The van der Waals surface area contributed by atoms with E-state index < -0.39 is 0 Å². The number of hydrogen-bond donors (Lipinski definition) is 1. The summed E-state index contributed by atoms with van der Waals surface area (Å²) in [4.78, 5) is 10.5. The third-order valence-corrected chi connectivity index (χ3v) is 6.93. The molecular formula is C24H23FN4S. The first-order valence-corrected chi connectivity index (χ1v) is 11.0. The van der Waals surface area contributed by atoms with Gasteiger partial charge in [0.15, 0.2) is 5.13 Å². The molecule has 1 atom stereocenters. The largest absolute Gasteiger partial charge is 0.331 e. The van der Waals surface area contributed by atoms with Crippen LogP contribution in [0.2, 0.25) is 0 Å². The maximum atomic E-state index is 14.7. The molecule has 1 N–H and O–H groups in total. The van der Waals surface area contributed by atoms with E-state index in [0.29, 0.717) is 11.4 Å². The fraction of sp³-hybridized carbons (Fsp3) is 0.250. The SMILES string of the molecule is Cc1cn(-c2ccc(Nc3nc4c(s3)CCCC4(C)c3ccccc3)cc2F)cn1. The number of anilines is 2. The van der Waals surface area contributed by atoms with Crippen LogP contribution in [-0.4, -0.2) is 14.5 Å². The molecule has 5 rings (SSSR count). The Morgan fingerprint density at radius 2 is 2.00 bits per heavy atom. The lowest BCUT2D eigenvalue weighted by atomic mass is 9.72. The Balaban J connectivity index is 1.44. The topological polar surface area (TPSA) is 42.7 Å². The summed E-state index contributed by atoms with van der Waals surface area (Å²) >= 11 is 1.68. The number of halogens is 1. The summed E-state index contributed by atoms with van der Waals surface area (Å²) in [5, 5.41) is 4.13. The van der Waals surface area contributed by atoms with Crippen molar-refractivity contribution in [2.45, 2.75) is 38.5 Å². The first kappa shape index (κ1) is 19.0. The number of hydrogen-bond acceptors (Lipinski definition) is 4. The summed E-state index contributed by atoms with van der Waals surface area (Å²) in [5.74, 6) is -0.298. The third-order valence-electron chi connectivity index (χ3n) is 5.90. The number of rotatable bonds is 4. The molecule has 2 aromatic heterocycles. The average molecular weight is 419 g/mol. The van der Waals surface area contributed by atoms with Crippen molar-refractivity contribution >= 4 is 22.2 Å². The summed E-state index contributed by atoms with van der Waals surface area (Å²) in [6, 6.07) is 15.8. The van der Waals surface area contributed by atoms with E-state index in [1.807, 2.05) is 25.3 Å². The van der Waals surface area contributed by atoms with Crippen LogP contribution in [0, 0.1) is 12.7 Å². The van der Waals surface area contributed by atoms with Gasteiger partial charge in [-0.1, -0.05) is 30.3 Å². The van der Waals surface area contributed by atoms with Gasteiger partial charge in [0.25, 0.3) is 0 Å². The highest BCUT2D eigenvalue weighted by atomic mass is 32.1. The Morgan fingerprint density at radius 3 is 2.73 bits per heavy atom. The van der Waals surface area contributed by atoms with Gasteiger partial charge in [0.05, 0.1) is 23.4 Å². The number of fused-ring (bicyclic) bond motifs is 1. The molecule has 0 fully saturated rings. The summed E-state index contributed by atoms with van der Waals surface area (Å²) in [6.45, 7) is 4.17. The molecule has 0 radical (unpaired) electrons. The molecule has 1 unspecified atom stereocenters. The zero-order chi connectivity index (χ0) is 20.7. The average Bonchev–Trinajstić information content (AvgIpc) is 3.36. The van der Waals surface area contributed by atoms with Crippen LogP contribution in [0.4, 0.5) is 15.2 Å². The molecular weight excluding hydrogens is 395 g/mol. The highest BCUT2D eigenvalue weighted by Crippen LogP contribution is 2.45. The van der Waals surface area contributed by atoms with Crippen LogP contribution in [0.1, 0.15) is 41.6 Å². The first-order chi connectivity index (χ1) is 14.5. The van der Waals surface area contributed by atoms with E-state index in [1.165, 1.54) is 16.5 Å². The van der Waals surface area contributed by atoms with Crippen LogP contribution < -0.4 is 5.32 Å². The lowest BCUT2D eigenvalue weighted by Crippen LogP contribution is -2.28. The maximum absolute atomic E-state index is 14.7. The zero-order valence-electron chi connectivity index (χ0n) is 17.0. The molecule has 2 heterocycles. The number of aryl methyl sites for hydroxylation is 2. The van der Waals surface area contributed by atoms with Crippen LogP contribution >= 0.6 is 11.3 Å². The van der Waals surface area contributed by atoms with Gasteiger partial charge in [0, 0.05) is 22.2 Å². The van der Waals surface area contributed by atoms with E-state index in [1.54, 1.807) is 28.3 Å². The molecule has 30 heavy (non-hydrogen) atoms. The normalized spacial score (nSPS) is 18.2. The standard InChI is InChI=1S/C24H23FN4S/c1-16-14-29(15-26-16)20-11-10-18(13-19(20)25)27-23-28-22-21(30-23)9-6-12-24(22,2)17-7-4-3-5-8-17/h3-5,7-8,10-11,13-15H,6,9,12H2,1-2H3,(H,27,28). The molecule has 152 valence electrons. The minimum absolute atomic E-state index is 0.0837. The summed E-state index contributed by atoms with van der Waals surface area (Å²) in [7, 11) is 0. The first-order valence-electron chi connectivity index (χ1n) is 10.2. The molecule has 1 aliphatic carbocycles. The molecule has 0 aliphatic heterocycles. The van der Waals surface area contributed by atoms with E-state index in [-0.39, 0.29) is 11.2 Å². The van der Waals surface area contributed by atoms with E-state index in [2.05, 4.69) is 41.5 Å². The van der Waals surface area contributed by atoms with Crippen molar-refractivity contribution in [1.82, 2.24) is 14.5 Å². The smallest absolute Gasteiger partial charge is 0.187 e. The van der Waals surface area contributed by atoms with E-state index in [4.69, 9.17) is 4.98 Å². The van der Waals surface area contributed by atoms with Gasteiger partial charge in [-0.15, -0.1) is 11.3 Å². The fourth-order valence-electron chi connectivity index (χ4n) is 4.28. The Hall–Kier alpha value is -2.99. The Kier molecular flexibility index (Phi) is 4.66. The van der Waals surface area contributed by atoms with Crippen molar-refractivity contribution in [3.63, 3.8) is 0 Å². The molecule has 4 aromatic rings. The molecule has 1 aliphatic rings. The van der Waals surface area contributed by atoms with Gasteiger partial charge in [-0.05, 0) is 56.9 Å². The second kappa shape index (κ2) is 7.36. The molecule has 0 amide bonds. The predicted molar refractivity (Wildman–Crippen MR) is 119 cm³/mol. The molecule has 0 saturated carbocycles. The summed E-state index contributed by atoms with van der Waals surface area (Å²) in [5.41, 5.74) is 4.40. The summed E-state index contributed by atoms with van der Waals surface area (Å²) < 4.78 is 16.4. The quantitative estimate of drug-likeness (QED) is 0.431. The highest BCUT2D eigenvalue weighted by Gasteiger charge is 2.37. The van der Waals surface area contributed by atoms with Crippen molar-refractivity contribution in [2.24, 2.45) is 0 Å². The van der Waals surface area contributed by atoms with Gasteiger partial charge in [0.2, 0.25) is 0 Å². The van der Waals surface area contributed by atoms with Gasteiger partial charge >= 0.3 is 0 Å². The molecule has 0 bridgehead atoms. The number of benzene rings is 2. The number of imidazole rings is 1. The zero-order valence-corrected chi connectivity index (χ0v) is 17.8. The monoisotopic (exact) mass is 418 g/mol. The Bertz CT molecular complexity index is 1200. The minimum atomic E-state index is -0.298. The second-order valence-corrected chi connectivity index (χ2v) is 9.14. The molecule has 4 nitrogen and oxygen atoms in total.